The largest absolute Gasteiger partial charge is 0.467 e. The second-order valence-corrected chi connectivity index (χ2v) is 6.56. The fraction of sp³-hybridized carbons (Fsp3) is 0.286. The van der Waals surface area contributed by atoms with Crippen LogP contribution in [0, 0.1) is 0 Å². The van der Waals surface area contributed by atoms with Crippen LogP contribution in [0.3, 0.4) is 0 Å². The molecule has 1 aromatic carbocycles. The van der Waals surface area contributed by atoms with Gasteiger partial charge in [-0.05, 0) is 25.5 Å². The topological polar surface area (TPSA) is 124 Å². The van der Waals surface area contributed by atoms with E-state index >= 15 is 0 Å². The average molecular weight is 412 g/mol. The molecule has 0 unspecified atom stereocenters. The van der Waals surface area contributed by atoms with Crippen LogP contribution >= 0.6 is 0 Å². The van der Waals surface area contributed by atoms with Crippen LogP contribution in [0.2, 0.25) is 0 Å². The van der Waals surface area contributed by atoms with Crippen molar-refractivity contribution in [3.63, 3.8) is 0 Å². The van der Waals surface area contributed by atoms with Gasteiger partial charge in [-0.25, -0.2) is 9.59 Å². The summed E-state index contributed by atoms with van der Waals surface area (Å²) in [6, 6.07) is 10.8. The van der Waals surface area contributed by atoms with Gasteiger partial charge in [-0.15, -0.1) is 0 Å². The Morgan fingerprint density at radius 2 is 1.93 bits per heavy atom. The first-order valence-electron chi connectivity index (χ1n) is 9.61. The lowest BCUT2D eigenvalue weighted by atomic mass is 10.2. The minimum absolute atomic E-state index is 0.0405. The van der Waals surface area contributed by atoms with Gasteiger partial charge in [-0.3, -0.25) is 14.3 Å². The molecule has 0 saturated carbocycles. The first-order chi connectivity index (χ1) is 14.5. The number of aromatic amines is 1. The zero-order valence-electron chi connectivity index (χ0n) is 16.9. The van der Waals surface area contributed by atoms with Crippen LogP contribution in [0.5, 0.6) is 0 Å². The van der Waals surface area contributed by atoms with Gasteiger partial charge in [0.2, 0.25) is 0 Å². The highest BCUT2D eigenvalue weighted by atomic mass is 16.5. The molecule has 2 heterocycles. The molecule has 30 heavy (non-hydrogen) atoms. The molecular formula is C21H24N4O5. The number of furan rings is 1. The van der Waals surface area contributed by atoms with Crippen molar-refractivity contribution >= 4 is 17.5 Å². The second-order valence-electron chi connectivity index (χ2n) is 6.56. The molecule has 0 fully saturated rings. The van der Waals surface area contributed by atoms with Crippen LogP contribution in [0.25, 0.3) is 0 Å². The number of H-pyrrole nitrogens is 1. The van der Waals surface area contributed by atoms with E-state index in [1.54, 1.807) is 11.8 Å². The number of benzene rings is 1. The highest BCUT2D eigenvalue weighted by Crippen LogP contribution is 2.22. The van der Waals surface area contributed by atoms with Crippen LogP contribution in [-0.2, 0) is 17.8 Å². The van der Waals surface area contributed by atoms with E-state index in [1.165, 1.54) is 16.9 Å². The number of nitrogens with one attached hydrogen (secondary N) is 1. The Labute approximate surface area is 172 Å². The Morgan fingerprint density at radius 3 is 2.60 bits per heavy atom. The van der Waals surface area contributed by atoms with Gasteiger partial charge in [-0.1, -0.05) is 30.3 Å². The van der Waals surface area contributed by atoms with Crippen molar-refractivity contribution in [2.45, 2.75) is 26.9 Å². The summed E-state index contributed by atoms with van der Waals surface area (Å²) in [6.07, 6.45) is 1.39. The lowest BCUT2D eigenvalue weighted by Gasteiger charge is -2.24. The Bertz CT molecular complexity index is 1130. The molecule has 0 atom stereocenters. The monoisotopic (exact) mass is 412 g/mol. The van der Waals surface area contributed by atoms with Crippen molar-refractivity contribution in [2.75, 3.05) is 23.8 Å². The molecule has 3 aromatic rings. The van der Waals surface area contributed by atoms with Gasteiger partial charge in [0.25, 0.3) is 5.56 Å². The highest BCUT2D eigenvalue weighted by molar-refractivity contribution is 5.90. The predicted octanol–water partition coefficient (Wildman–Crippen LogP) is 1.96. The number of carbonyl (C=O) groups excluding carboxylic acids is 1. The molecule has 0 aliphatic rings. The maximum absolute atomic E-state index is 12.6. The third-order valence-electron chi connectivity index (χ3n) is 4.67. The molecule has 0 aliphatic carbocycles. The Morgan fingerprint density at radius 1 is 1.20 bits per heavy atom. The Hall–Kier alpha value is -3.75. The molecule has 9 heteroatoms. The Balaban J connectivity index is 1.98. The van der Waals surface area contributed by atoms with Gasteiger partial charge >= 0.3 is 11.7 Å². The minimum atomic E-state index is -0.604. The number of aromatic nitrogens is 2. The van der Waals surface area contributed by atoms with Crippen molar-refractivity contribution < 1.29 is 13.9 Å². The third-order valence-corrected chi connectivity index (χ3v) is 4.67. The summed E-state index contributed by atoms with van der Waals surface area (Å²) in [5, 5.41) is 0. The normalized spacial score (nSPS) is 10.7. The predicted molar refractivity (Wildman–Crippen MR) is 113 cm³/mol. The number of ether oxygens (including phenoxy) is 1. The zero-order chi connectivity index (χ0) is 21.7. The van der Waals surface area contributed by atoms with E-state index in [1.807, 2.05) is 37.3 Å². The number of rotatable bonds is 8. The van der Waals surface area contributed by atoms with Crippen LogP contribution in [0.1, 0.15) is 35.5 Å². The van der Waals surface area contributed by atoms with Crippen molar-refractivity contribution in [3.8, 4) is 0 Å². The lowest BCUT2D eigenvalue weighted by Crippen LogP contribution is -2.38. The summed E-state index contributed by atoms with van der Waals surface area (Å²) in [7, 11) is 0. The maximum atomic E-state index is 12.6. The Kier molecular flexibility index (Phi) is 6.41. The molecule has 0 aliphatic heterocycles. The summed E-state index contributed by atoms with van der Waals surface area (Å²) < 4.78 is 11.8. The molecule has 9 nitrogen and oxygen atoms in total. The highest BCUT2D eigenvalue weighted by Gasteiger charge is 2.22. The van der Waals surface area contributed by atoms with Crippen molar-refractivity contribution in [2.24, 2.45) is 0 Å². The van der Waals surface area contributed by atoms with Gasteiger partial charge in [0.1, 0.15) is 22.8 Å². The van der Waals surface area contributed by atoms with Gasteiger partial charge in [0, 0.05) is 6.54 Å². The fourth-order valence-corrected chi connectivity index (χ4v) is 3.18. The summed E-state index contributed by atoms with van der Waals surface area (Å²) in [5.41, 5.74) is 6.35. The first-order valence-corrected chi connectivity index (χ1v) is 9.61. The second kappa shape index (κ2) is 9.17. The molecule has 3 rings (SSSR count). The number of esters is 1. The minimum Gasteiger partial charge on any atom is -0.467 e. The van der Waals surface area contributed by atoms with Crippen LogP contribution in [0.4, 0.5) is 11.5 Å². The molecule has 2 aromatic heterocycles. The summed E-state index contributed by atoms with van der Waals surface area (Å²) in [5.74, 6) is -0.123. The molecule has 158 valence electrons. The van der Waals surface area contributed by atoms with E-state index in [2.05, 4.69) is 4.98 Å². The van der Waals surface area contributed by atoms with Crippen LogP contribution < -0.4 is 21.9 Å². The third kappa shape index (κ3) is 4.29. The van der Waals surface area contributed by atoms with E-state index in [0.717, 1.165) is 5.56 Å². The summed E-state index contributed by atoms with van der Waals surface area (Å²) >= 11 is 0. The van der Waals surface area contributed by atoms with E-state index < -0.39 is 17.2 Å². The standard InChI is InChI=1S/C21H24N4O5/c1-3-24(13-16-15(10-11-30-16)20(27)29-4-2)17-18(22)25(21(28)23-19(17)26)12-14-8-6-5-7-9-14/h5-11H,3-4,12-13,22H2,1-2H3,(H,23,26,28). The molecule has 3 N–H and O–H groups in total. The molecule has 0 bridgehead atoms. The summed E-state index contributed by atoms with van der Waals surface area (Å²) in [6.45, 7) is 4.48. The number of hydrogen-bond donors (Lipinski definition) is 2. The average Bonchev–Trinajstić information content (AvgIpc) is 3.19. The van der Waals surface area contributed by atoms with Gasteiger partial charge in [0.05, 0.1) is 26.0 Å². The molecular weight excluding hydrogens is 388 g/mol. The number of nitrogens with two attached hydrogens (primary N) is 1. The molecule has 0 saturated heterocycles. The van der Waals surface area contributed by atoms with Crippen molar-refractivity contribution in [3.05, 3.63) is 80.4 Å². The first kappa shape index (κ1) is 21.0. The number of nitrogens with zero attached hydrogens (tertiary/aromatic N) is 2. The van der Waals surface area contributed by atoms with Crippen molar-refractivity contribution in [1.29, 1.82) is 0 Å². The van der Waals surface area contributed by atoms with Gasteiger partial charge < -0.3 is 19.8 Å². The lowest BCUT2D eigenvalue weighted by molar-refractivity contribution is 0.0524. The maximum Gasteiger partial charge on any atom is 0.341 e. The van der Waals surface area contributed by atoms with Gasteiger partial charge in [-0.2, -0.15) is 0 Å². The van der Waals surface area contributed by atoms with Crippen LogP contribution in [0.15, 0.2) is 56.7 Å². The number of nitrogen functional groups attached to an aromatic ring is 1. The van der Waals surface area contributed by atoms with Crippen molar-refractivity contribution in [1.82, 2.24) is 9.55 Å². The number of carbonyl (C=O) groups is 1. The SMILES string of the molecule is CCOC(=O)c1ccoc1CN(CC)c1c(N)n(Cc2ccccc2)c(=O)[nH]c1=O. The molecule has 0 spiro atoms. The zero-order valence-corrected chi connectivity index (χ0v) is 16.9. The van der Waals surface area contributed by atoms with E-state index in [-0.39, 0.29) is 36.8 Å². The van der Waals surface area contributed by atoms with E-state index in [4.69, 9.17) is 14.9 Å². The fourth-order valence-electron chi connectivity index (χ4n) is 3.18. The summed E-state index contributed by atoms with van der Waals surface area (Å²) in [4.78, 5) is 41.1. The van der Waals surface area contributed by atoms with Gasteiger partial charge in [0.15, 0.2) is 0 Å². The molecule has 0 amide bonds. The van der Waals surface area contributed by atoms with E-state index in [9.17, 15) is 14.4 Å². The smallest absolute Gasteiger partial charge is 0.341 e. The van der Waals surface area contributed by atoms with E-state index in [0.29, 0.717) is 12.3 Å². The molecule has 0 radical (unpaired) electrons. The number of hydrogen-bond acceptors (Lipinski definition) is 7. The number of anilines is 2. The quantitative estimate of drug-likeness (QED) is 0.542. The van der Waals surface area contributed by atoms with Crippen LogP contribution in [-0.4, -0.2) is 28.7 Å².